The highest BCUT2D eigenvalue weighted by Crippen LogP contribution is 2.15. The first kappa shape index (κ1) is 74.5. The molecule has 0 aromatic rings. The number of carbonyl (C=O) groups is 3. The van der Waals surface area contributed by atoms with Crippen molar-refractivity contribution in [1.29, 1.82) is 0 Å². The Morgan fingerprint density at radius 2 is 0.494 bits per heavy atom. The maximum Gasteiger partial charge on any atom is 0.306 e. The fraction of sp³-hybridized carbons (Fsp3) is 0.658. The summed E-state index contributed by atoms with van der Waals surface area (Å²) < 4.78 is 16.9. The molecule has 0 fully saturated rings. The van der Waals surface area contributed by atoms with Crippen molar-refractivity contribution in [2.24, 2.45) is 0 Å². The molecule has 448 valence electrons. The predicted molar refractivity (Wildman–Crippen MR) is 343 cm³/mol. The molecule has 79 heavy (non-hydrogen) atoms. The topological polar surface area (TPSA) is 78.9 Å². The van der Waals surface area contributed by atoms with Crippen LogP contribution in [0.2, 0.25) is 0 Å². The van der Waals surface area contributed by atoms with Gasteiger partial charge in [-0.2, -0.15) is 0 Å². The molecule has 0 rings (SSSR count). The summed E-state index contributed by atoms with van der Waals surface area (Å²) in [6.07, 6.45) is 93.0. The number of hydrogen-bond acceptors (Lipinski definition) is 6. The summed E-state index contributed by atoms with van der Waals surface area (Å²) >= 11 is 0. The van der Waals surface area contributed by atoms with Gasteiger partial charge >= 0.3 is 17.9 Å². The Labute approximate surface area is 487 Å². The normalized spacial score (nSPS) is 13.0. The van der Waals surface area contributed by atoms with E-state index < -0.39 is 6.10 Å². The van der Waals surface area contributed by atoms with Gasteiger partial charge in [0.1, 0.15) is 13.2 Å². The summed E-state index contributed by atoms with van der Waals surface area (Å²) in [5.74, 6) is -0.929. The molecule has 0 saturated carbocycles. The molecule has 0 bridgehead atoms. The van der Waals surface area contributed by atoms with Crippen LogP contribution in [0.3, 0.4) is 0 Å². The van der Waals surface area contributed by atoms with Gasteiger partial charge in [0.15, 0.2) is 6.10 Å². The van der Waals surface area contributed by atoms with Crippen LogP contribution < -0.4 is 0 Å². The van der Waals surface area contributed by atoms with Gasteiger partial charge in [-0.3, -0.25) is 14.4 Å². The van der Waals surface area contributed by atoms with E-state index >= 15 is 0 Å². The van der Waals surface area contributed by atoms with Crippen molar-refractivity contribution in [1.82, 2.24) is 0 Å². The van der Waals surface area contributed by atoms with E-state index in [0.717, 1.165) is 154 Å². The lowest BCUT2D eigenvalue weighted by atomic mass is 10.1. The van der Waals surface area contributed by atoms with Gasteiger partial charge in [-0.05, 0) is 135 Å². The number of esters is 3. The second-order valence-corrected chi connectivity index (χ2v) is 21.3. The first-order valence-corrected chi connectivity index (χ1v) is 32.7. The average molecular weight is 1090 g/mol. The minimum absolute atomic E-state index is 0.0969. The van der Waals surface area contributed by atoms with Crippen molar-refractivity contribution < 1.29 is 28.6 Å². The number of allylic oxidation sites excluding steroid dienone is 22. The van der Waals surface area contributed by atoms with Crippen molar-refractivity contribution in [3.63, 3.8) is 0 Å². The summed E-state index contributed by atoms with van der Waals surface area (Å²) in [4.78, 5) is 38.4. The Morgan fingerprint density at radius 3 is 0.772 bits per heavy atom. The quantitative estimate of drug-likeness (QED) is 0.0261. The summed E-state index contributed by atoms with van der Waals surface area (Å²) in [6.45, 7) is 6.39. The van der Waals surface area contributed by atoms with Crippen LogP contribution in [0.4, 0.5) is 0 Å². The maximum absolute atomic E-state index is 12.9. The van der Waals surface area contributed by atoms with Crippen LogP contribution in [0.5, 0.6) is 0 Å². The first-order chi connectivity index (χ1) is 39.0. The Bertz CT molecular complexity index is 1680. The third kappa shape index (κ3) is 64.3. The van der Waals surface area contributed by atoms with Crippen LogP contribution in [0.15, 0.2) is 134 Å². The van der Waals surface area contributed by atoms with E-state index in [1.807, 2.05) is 0 Å². The SMILES string of the molecule is CC/C=C\C/C=C\C/C=C\C/C=C\C/C=C\CCCCCCCC(=O)OC(COC(=O)CCCCCCCCC/C=C\C/C=C\C/C=C\CC)COC(=O)CCCCCCCCCC/C=C\C/C=C\C/C=C\CCCCCCC. The first-order valence-electron chi connectivity index (χ1n) is 32.7. The second-order valence-electron chi connectivity index (χ2n) is 21.3. The minimum Gasteiger partial charge on any atom is -0.462 e. The molecule has 0 aliphatic heterocycles. The Morgan fingerprint density at radius 1 is 0.266 bits per heavy atom. The van der Waals surface area contributed by atoms with Crippen LogP contribution in [0.1, 0.15) is 290 Å². The molecule has 6 nitrogen and oxygen atoms in total. The molecule has 0 aliphatic carbocycles. The molecule has 0 amide bonds. The molecule has 1 unspecified atom stereocenters. The number of carbonyl (C=O) groups excluding carboxylic acids is 3. The molecular weight excluding hydrogens is 973 g/mol. The van der Waals surface area contributed by atoms with E-state index in [4.69, 9.17) is 14.2 Å². The molecule has 0 aromatic carbocycles. The summed E-state index contributed by atoms with van der Waals surface area (Å²) in [5.41, 5.74) is 0. The van der Waals surface area contributed by atoms with Crippen molar-refractivity contribution in [2.45, 2.75) is 297 Å². The predicted octanol–water partition coefficient (Wildman–Crippen LogP) is 22.5. The highest BCUT2D eigenvalue weighted by atomic mass is 16.6. The van der Waals surface area contributed by atoms with Gasteiger partial charge in [0.2, 0.25) is 0 Å². The van der Waals surface area contributed by atoms with E-state index in [9.17, 15) is 14.4 Å². The van der Waals surface area contributed by atoms with Crippen LogP contribution >= 0.6 is 0 Å². The zero-order valence-electron chi connectivity index (χ0n) is 51.3. The molecule has 0 saturated heterocycles. The standard InChI is InChI=1S/C73H120O6/c1-4-7-10-13-16-19-22-25-28-31-33-35-36-38-39-42-45-48-51-54-57-60-63-66-72(75)78-69-70(68-77-71(74)65-62-59-56-53-50-47-44-41-30-27-24-21-18-15-12-9-6-3)79-73(76)67-64-61-58-55-52-49-46-43-40-37-34-32-29-26-23-20-17-14-11-8-5-2/h8-9,11-12,17-18,20-22,25-27,29-31,33-34,36-38,43,46,70H,4-7,10,13-16,19,23-24,28,32,35,39-42,44-45,47-69H2,1-3H3/b11-8-,12-9-,20-17-,21-18-,25-22-,29-26-,30-27-,33-31-,37-34-,38-36-,46-43-. The third-order valence-electron chi connectivity index (χ3n) is 13.6. The summed E-state index contributed by atoms with van der Waals surface area (Å²) in [6, 6.07) is 0. The smallest absolute Gasteiger partial charge is 0.306 e. The number of unbranched alkanes of at least 4 members (excludes halogenated alkanes) is 25. The average Bonchev–Trinajstić information content (AvgIpc) is 3.45. The van der Waals surface area contributed by atoms with Gasteiger partial charge in [-0.25, -0.2) is 0 Å². The van der Waals surface area contributed by atoms with Gasteiger partial charge in [-0.1, -0.05) is 270 Å². The summed E-state index contributed by atoms with van der Waals surface area (Å²) in [7, 11) is 0. The van der Waals surface area contributed by atoms with Gasteiger partial charge in [0, 0.05) is 19.3 Å². The van der Waals surface area contributed by atoms with E-state index in [-0.39, 0.29) is 31.1 Å². The molecule has 0 N–H and O–H groups in total. The van der Waals surface area contributed by atoms with E-state index in [0.29, 0.717) is 19.3 Å². The fourth-order valence-electron chi connectivity index (χ4n) is 8.79. The number of hydrogen-bond donors (Lipinski definition) is 0. The molecule has 1 atom stereocenters. The molecule has 0 spiro atoms. The van der Waals surface area contributed by atoms with Crippen LogP contribution in [0.25, 0.3) is 0 Å². The Balaban J connectivity index is 4.46. The minimum atomic E-state index is -0.803. The third-order valence-corrected chi connectivity index (χ3v) is 13.6. The molecule has 6 heteroatoms. The van der Waals surface area contributed by atoms with Crippen LogP contribution in [-0.2, 0) is 28.6 Å². The number of ether oxygens (including phenoxy) is 3. The molecule has 0 aliphatic rings. The Hall–Kier alpha value is -4.45. The van der Waals surface area contributed by atoms with E-state index in [1.165, 1.54) is 96.3 Å². The zero-order valence-corrected chi connectivity index (χ0v) is 51.3. The van der Waals surface area contributed by atoms with E-state index in [1.54, 1.807) is 0 Å². The second kappa shape index (κ2) is 66.1. The van der Waals surface area contributed by atoms with Crippen molar-refractivity contribution in [3.05, 3.63) is 134 Å². The van der Waals surface area contributed by atoms with Gasteiger partial charge in [0.25, 0.3) is 0 Å². The van der Waals surface area contributed by atoms with Crippen molar-refractivity contribution >= 4 is 17.9 Å². The van der Waals surface area contributed by atoms with Gasteiger partial charge in [0.05, 0.1) is 0 Å². The highest BCUT2D eigenvalue weighted by molar-refractivity contribution is 5.71. The lowest BCUT2D eigenvalue weighted by molar-refractivity contribution is -0.167. The highest BCUT2D eigenvalue weighted by Gasteiger charge is 2.19. The molecular formula is C73H120O6. The van der Waals surface area contributed by atoms with Crippen molar-refractivity contribution in [3.8, 4) is 0 Å². The van der Waals surface area contributed by atoms with Gasteiger partial charge in [-0.15, -0.1) is 0 Å². The van der Waals surface area contributed by atoms with Crippen LogP contribution in [-0.4, -0.2) is 37.2 Å². The summed E-state index contributed by atoms with van der Waals surface area (Å²) in [5, 5.41) is 0. The molecule has 0 radical (unpaired) electrons. The fourth-order valence-corrected chi connectivity index (χ4v) is 8.79. The maximum atomic E-state index is 12.9. The largest absolute Gasteiger partial charge is 0.462 e. The lowest BCUT2D eigenvalue weighted by Crippen LogP contribution is -2.30. The Kier molecular flexibility index (Phi) is 62.3. The van der Waals surface area contributed by atoms with Crippen molar-refractivity contribution in [2.75, 3.05) is 13.2 Å². The number of rotatable bonds is 58. The van der Waals surface area contributed by atoms with Crippen LogP contribution in [0, 0.1) is 0 Å². The van der Waals surface area contributed by atoms with E-state index in [2.05, 4.69) is 154 Å². The zero-order chi connectivity index (χ0) is 57.1. The molecule has 0 heterocycles. The lowest BCUT2D eigenvalue weighted by Gasteiger charge is -2.18. The van der Waals surface area contributed by atoms with Gasteiger partial charge < -0.3 is 14.2 Å². The monoisotopic (exact) mass is 1090 g/mol. The molecule has 0 aromatic heterocycles.